The van der Waals surface area contributed by atoms with Crippen LogP contribution in [-0.2, 0) is 11.3 Å². The minimum Gasteiger partial charge on any atom is -0.411 e. The van der Waals surface area contributed by atoms with Crippen LogP contribution in [0.2, 0.25) is 0 Å². The summed E-state index contributed by atoms with van der Waals surface area (Å²) in [5.74, 6) is 0.620. The lowest BCUT2D eigenvalue weighted by molar-refractivity contribution is -0.384. The van der Waals surface area contributed by atoms with Crippen molar-refractivity contribution in [3.63, 3.8) is 0 Å². The van der Waals surface area contributed by atoms with Crippen molar-refractivity contribution >= 4 is 23.7 Å². The van der Waals surface area contributed by atoms with Crippen LogP contribution in [0, 0.1) is 23.0 Å². The number of likely N-dealkylation sites (tertiary alicyclic amines) is 1. The van der Waals surface area contributed by atoms with E-state index in [2.05, 4.69) is 21.2 Å². The van der Waals surface area contributed by atoms with Gasteiger partial charge >= 0.3 is 0 Å². The summed E-state index contributed by atoms with van der Waals surface area (Å²) < 4.78 is 5.92. The van der Waals surface area contributed by atoms with Gasteiger partial charge in [0.15, 0.2) is 0 Å². The van der Waals surface area contributed by atoms with Gasteiger partial charge in [0.25, 0.3) is 10.9 Å². The van der Waals surface area contributed by atoms with Gasteiger partial charge in [-0.05, 0) is 36.1 Å². The number of nitro groups is 1. The molecule has 1 fully saturated rings. The maximum absolute atomic E-state index is 11.1. The van der Waals surface area contributed by atoms with E-state index < -0.39 is 0 Å². The molecule has 8 nitrogen and oxygen atoms in total. The molecule has 0 N–H and O–H groups in total. The fraction of sp³-hybridized carbons (Fsp3) is 0.348. The molecule has 0 bridgehead atoms. The number of carbonyl (C=O) groups is 1. The number of carbonyl (C=O) groups excluding carboxylic acids is 1. The highest BCUT2D eigenvalue weighted by atomic mass is 32.2. The van der Waals surface area contributed by atoms with Crippen LogP contribution in [0.3, 0.4) is 0 Å². The molecule has 0 aliphatic carbocycles. The zero-order chi connectivity index (χ0) is 22.7. The van der Waals surface area contributed by atoms with Crippen LogP contribution in [0.5, 0.6) is 0 Å². The molecule has 1 aliphatic heterocycles. The lowest BCUT2D eigenvalue weighted by atomic mass is 9.99. The Labute approximate surface area is 190 Å². The van der Waals surface area contributed by atoms with E-state index >= 15 is 0 Å². The molecule has 2 heterocycles. The number of benzene rings is 2. The summed E-state index contributed by atoms with van der Waals surface area (Å²) in [7, 11) is 0. The molecule has 0 amide bonds. The molecular formula is C23H24N4O4S. The van der Waals surface area contributed by atoms with Gasteiger partial charge in [0.2, 0.25) is 5.89 Å². The first-order chi connectivity index (χ1) is 15.5. The van der Waals surface area contributed by atoms with Crippen LogP contribution in [0.15, 0.2) is 52.1 Å². The third-order valence-corrected chi connectivity index (χ3v) is 6.84. The summed E-state index contributed by atoms with van der Waals surface area (Å²) >= 11 is 1.41. The average Bonchev–Trinajstić information content (AvgIpc) is 3.22. The van der Waals surface area contributed by atoms with Gasteiger partial charge in [0.1, 0.15) is 6.29 Å². The molecule has 1 saturated heterocycles. The van der Waals surface area contributed by atoms with Crippen molar-refractivity contribution in [1.29, 1.82) is 0 Å². The molecule has 1 atom stereocenters. The summed E-state index contributed by atoms with van der Waals surface area (Å²) in [5.41, 5.74) is 4.03. The topological polar surface area (TPSA) is 102 Å². The van der Waals surface area contributed by atoms with Gasteiger partial charge in [-0.3, -0.25) is 15.0 Å². The molecule has 4 rings (SSSR count). The minimum absolute atomic E-state index is 0.0293. The Kier molecular flexibility index (Phi) is 6.66. The maximum atomic E-state index is 11.1. The van der Waals surface area contributed by atoms with Crippen LogP contribution in [0.4, 0.5) is 5.69 Å². The van der Waals surface area contributed by atoms with E-state index in [0.29, 0.717) is 11.1 Å². The molecular weight excluding hydrogens is 428 g/mol. The zero-order valence-electron chi connectivity index (χ0n) is 17.9. The second-order valence-electron chi connectivity index (χ2n) is 7.98. The van der Waals surface area contributed by atoms with Crippen molar-refractivity contribution < 1.29 is 14.1 Å². The minimum atomic E-state index is -0.388. The highest BCUT2D eigenvalue weighted by Crippen LogP contribution is 2.39. The lowest BCUT2D eigenvalue weighted by Crippen LogP contribution is -2.46. The Balaban J connectivity index is 1.45. The molecule has 3 aromatic rings. The van der Waals surface area contributed by atoms with E-state index in [4.69, 9.17) is 4.42 Å². The first kappa shape index (κ1) is 22.2. The van der Waals surface area contributed by atoms with Crippen LogP contribution >= 0.6 is 11.8 Å². The molecule has 1 aromatic heterocycles. The van der Waals surface area contributed by atoms with Crippen molar-refractivity contribution in [2.24, 2.45) is 5.92 Å². The first-order valence-electron chi connectivity index (χ1n) is 10.5. The van der Waals surface area contributed by atoms with Crippen LogP contribution in [-0.4, -0.2) is 39.4 Å². The highest BCUT2D eigenvalue weighted by Gasteiger charge is 2.26. The van der Waals surface area contributed by atoms with Gasteiger partial charge in [-0.1, -0.05) is 43.0 Å². The SMILES string of the molecule is CCC(Sc1nnc(-c2ccc(CN3CC(C=O)C3)cc2C)o1)c1cccc([N+](=O)[O-])c1. The number of aryl methyl sites for hydroxylation is 1. The van der Waals surface area contributed by atoms with Crippen molar-refractivity contribution in [2.45, 2.75) is 37.3 Å². The second kappa shape index (κ2) is 9.62. The van der Waals surface area contributed by atoms with E-state index in [1.807, 2.05) is 32.0 Å². The number of aromatic nitrogens is 2. The predicted molar refractivity (Wildman–Crippen MR) is 121 cm³/mol. The maximum Gasteiger partial charge on any atom is 0.277 e. The summed E-state index contributed by atoms with van der Waals surface area (Å²) in [6.07, 6.45) is 1.79. The molecule has 1 unspecified atom stereocenters. The van der Waals surface area contributed by atoms with E-state index in [1.165, 1.54) is 23.4 Å². The van der Waals surface area contributed by atoms with Crippen LogP contribution < -0.4 is 0 Å². The van der Waals surface area contributed by atoms with Gasteiger partial charge in [0, 0.05) is 48.5 Å². The van der Waals surface area contributed by atoms with Gasteiger partial charge in [-0.15, -0.1) is 10.2 Å². The number of hydrogen-bond donors (Lipinski definition) is 0. The Morgan fingerprint density at radius 1 is 1.28 bits per heavy atom. The fourth-order valence-electron chi connectivity index (χ4n) is 3.86. The molecule has 1 aliphatic rings. The molecule has 32 heavy (non-hydrogen) atoms. The number of aldehydes is 1. The molecule has 0 saturated carbocycles. The number of nitrogens with zero attached hydrogens (tertiary/aromatic N) is 4. The van der Waals surface area contributed by atoms with E-state index in [-0.39, 0.29) is 21.8 Å². The number of hydrogen-bond acceptors (Lipinski definition) is 8. The monoisotopic (exact) mass is 452 g/mol. The lowest BCUT2D eigenvalue weighted by Gasteiger charge is -2.36. The number of nitro benzene ring substituents is 1. The smallest absolute Gasteiger partial charge is 0.277 e. The van der Waals surface area contributed by atoms with Crippen LogP contribution in [0.25, 0.3) is 11.5 Å². The van der Waals surface area contributed by atoms with Crippen molar-refractivity contribution in [2.75, 3.05) is 13.1 Å². The van der Waals surface area contributed by atoms with E-state index in [9.17, 15) is 14.9 Å². The van der Waals surface area contributed by atoms with Crippen LogP contribution in [0.1, 0.15) is 35.3 Å². The van der Waals surface area contributed by atoms with Gasteiger partial charge in [0.05, 0.1) is 4.92 Å². The standard InChI is InChI=1S/C23H24N4O4S/c1-3-21(18-5-4-6-19(10-18)27(29)30)32-23-25-24-22(31-23)20-8-7-16(9-15(20)2)11-26-12-17(13-26)14-28/h4-10,14,17,21H,3,11-13H2,1-2H3. The molecule has 0 spiro atoms. The highest BCUT2D eigenvalue weighted by molar-refractivity contribution is 7.99. The Morgan fingerprint density at radius 2 is 2.09 bits per heavy atom. The molecule has 166 valence electrons. The fourth-order valence-corrected chi connectivity index (χ4v) is 4.77. The van der Waals surface area contributed by atoms with Gasteiger partial charge in [-0.25, -0.2) is 0 Å². The third kappa shape index (κ3) is 4.89. The Bertz CT molecular complexity index is 1130. The van der Waals surface area contributed by atoms with Gasteiger partial charge < -0.3 is 9.21 Å². The summed E-state index contributed by atoms with van der Waals surface area (Å²) in [6, 6.07) is 12.8. The van der Waals surface area contributed by atoms with Crippen molar-refractivity contribution in [3.8, 4) is 11.5 Å². The third-order valence-electron chi connectivity index (χ3n) is 5.58. The van der Waals surface area contributed by atoms with E-state index in [0.717, 1.165) is 49.0 Å². The molecule has 0 radical (unpaired) electrons. The number of thioether (sulfide) groups is 1. The quantitative estimate of drug-likeness (QED) is 0.197. The van der Waals surface area contributed by atoms with Crippen molar-refractivity contribution in [3.05, 3.63) is 69.3 Å². The Morgan fingerprint density at radius 3 is 2.78 bits per heavy atom. The zero-order valence-corrected chi connectivity index (χ0v) is 18.7. The average molecular weight is 453 g/mol. The van der Waals surface area contributed by atoms with Gasteiger partial charge in [-0.2, -0.15) is 0 Å². The summed E-state index contributed by atoms with van der Waals surface area (Å²) in [4.78, 5) is 23.7. The normalized spacial score (nSPS) is 15.3. The number of non-ortho nitro benzene ring substituents is 1. The summed E-state index contributed by atoms with van der Waals surface area (Å²) in [5, 5.41) is 19.9. The second-order valence-corrected chi connectivity index (χ2v) is 9.13. The molecule has 9 heteroatoms. The van der Waals surface area contributed by atoms with E-state index in [1.54, 1.807) is 12.1 Å². The first-order valence-corrected chi connectivity index (χ1v) is 11.4. The summed E-state index contributed by atoms with van der Waals surface area (Å²) in [6.45, 7) is 6.48. The van der Waals surface area contributed by atoms with Crippen molar-refractivity contribution in [1.82, 2.24) is 15.1 Å². The predicted octanol–water partition coefficient (Wildman–Crippen LogP) is 4.83. The largest absolute Gasteiger partial charge is 0.411 e. The Hall–Kier alpha value is -3.04. The number of rotatable bonds is 9. The molecule has 2 aromatic carbocycles.